The lowest BCUT2D eigenvalue weighted by Crippen LogP contribution is -2.39. The second-order valence-corrected chi connectivity index (χ2v) is 7.72. The predicted molar refractivity (Wildman–Crippen MR) is 102 cm³/mol. The Morgan fingerprint density at radius 2 is 2.08 bits per heavy atom. The summed E-state index contributed by atoms with van der Waals surface area (Å²) in [5, 5.41) is 6.70. The van der Waals surface area contributed by atoms with E-state index in [2.05, 4.69) is 17.6 Å². The van der Waals surface area contributed by atoms with Crippen LogP contribution in [0.2, 0.25) is 0 Å². The summed E-state index contributed by atoms with van der Waals surface area (Å²) in [7, 11) is 0. The van der Waals surface area contributed by atoms with Crippen molar-refractivity contribution in [3.05, 3.63) is 0 Å². The molecule has 0 aromatic rings. The van der Waals surface area contributed by atoms with Crippen molar-refractivity contribution in [3.63, 3.8) is 0 Å². The van der Waals surface area contributed by atoms with Gasteiger partial charge in [0.25, 0.3) is 0 Å². The average Bonchev–Trinajstić information content (AvgIpc) is 3.03. The van der Waals surface area contributed by atoms with Crippen LogP contribution >= 0.6 is 12.4 Å². The highest BCUT2D eigenvalue weighted by Gasteiger charge is 2.34. The minimum atomic E-state index is 0. The van der Waals surface area contributed by atoms with Gasteiger partial charge in [-0.25, -0.2) is 0 Å². The monoisotopic (exact) mass is 360 g/mol. The first-order valence-corrected chi connectivity index (χ1v) is 9.70. The van der Waals surface area contributed by atoms with Gasteiger partial charge in [0.2, 0.25) is 5.91 Å². The number of rotatable bonds is 9. The fraction of sp³-hybridized carbons (Fsp3) is 0.947. The molecular weight excluding hydrogens is 324 g/mol. The molecule has 1 aliphatic carbocycles. The minimum absolute atomic E-state index is 0. The summed E-state index contributed by atoms with van der Waals surface area (Å²) in [6.07, 6.45) is 9.34. The Hall–Kier alpha value is -0.320. The van der Waals surface area contributed by atoms with Crippen molar-refractivity contribution in [2.45, 2.75) is 65.2 Å². The highest BCUT2D eigenvalue weighted by molar-refractivity contribution is 5.85. The van der Waals surface area contributed by atoms with Crippen LogP contribution in [0.5, 0.6) is 0 Å². The van der Waals surface area contributed by atoms with Crippen LogP contribution in [0.15, 0.2) is 0 Å². The molecule has 142 valence electrons. The first-order valence-electron chi connectivity index (χ1n) is 9.70. The van der Waals surface area contributed by atoms with Gasteiger partial charge in [-0.1, -0.05) is 19.8 Å². The van der Waals surface area contributed by atoms with E-state index in [-0.39, 0.29) is 18.3 Å². The van der Waals surface area contributed by atoms with Crippen molar-refractivity contribution in [1.82, 2.24) is 10.6 Å². The molecule has 1 amide bonds. The molecule has 1 saturated carbocycles. The maximum Gasteiger partial charge on any atom is 0.220 e. The Balaban J connectivity index is 0.00000288. The molecule has 0 spiro atoms. The van der Waals surface area contributed by atoms with Gasteiger partial charge in [0.15, 0.2) is 0 Å². The standard InChI is InChI=1S/C19H36N2O2.ClH/c1-3-23-12-10-19(8-4-5-9-19)15-21-18(22)13-16(2)17-7-6-11-20-14-17;/h16-17,20H,3-15H2,1-2H3,(H,21,22);1H. The summed E-state index contributed by atoms with van der Waals surface area (Å²) in [4.78, 5) is 12.4. The van der Waals surface area contributed by atoms with Crippen LogP contribution in [-0.2, 0) is 9.53 Å². The van der Waals surface area contributed by atoms with E-state index in [1.165, 1.54) is 38.5 Å². The summed E-state index contributed by atoms with van der Waals surface area (Å²) in [6, 6.07) is 0. The number of piperidine rings is 1. The molecule has 2 atom stereocenters. The number of amides is 1. The fourth-order valence-corrected chi connectivity index (χ4v) is 4.26. The third-order valence-electron chi connectivity index (χ3n) is 5.95. The van der Waals surface area contributed by atoms with E-state index in [4.69, 9.17) is 4.74 Å². The molecule has 1 heterocycles. The van der Waals surface area contributed by atoms with Crippen molar-refractivity contribution in [1.29, 1.82) is 0 Å². The van der Waals surface area contributed by atoms with E-state index < -0.39 is 0 Å². The molecule has 1 aliphatic heterocycles. The van der Waals surface area contributed by atoms with Gasteiger partial charge in [0.1, 0.15) is 0 Å². The molecule has 0 aromatic heterocycles. The quantitative estimate of drug-likeness (QED) is 0.618. The minimum Gasteiger partial charge on any atom is -0.382 e. The number of hydrogen-bond acceptors (Lipinski definition) is 3. The Labute approximate surface area is 154 Å². The molecule has 2 aliphatic rings. The van der Waals surface area contributed by atoms with E-state index in [1.807, 2.05) is 6.92 Å². The Bertz CT molecular complexity index is 353. The van der Waals surface area contributed by atoms with Crippen LogP contribution in [0.1, 0.15) is 65.2 Å². The molecular formula is C19H37ClN2O2. The van der Waals surface area contributed by atoms with Gasteiger partial charge < -0.3 is 15.4 Å². The predicted octanol–water partition coefficient (Wildman–Crippen LogP) is 3.54. The summed E-state index contributed by atoms with van der Waals surface area (Å²) in [5.41, 5.74) is 0.292. The van der Waals surface area contributed by atoms with Crippen molar-refractivity contribution < 1.29 is 9.53 Å². The number of ether oxygens (including phenoxy) is 1. The topological polar surface area (TPSA) is 50.4 Å². The molecule has 1 saturated heterocycles. The molecule has 4 nitrogen and oxygen atoms in total. The Kier molecular flexibility index (Phi) is 10.3. The third-order valence-corrected chi connectivity index (χ3v) is 5.95. The third kappa shape index (κ3) is 6.89. The van der Waals surface area contributed by atoms with E-state index in [0.717, 1.165) is 39.3 Å². The zero-order chi connectivity index (χ0) is 16.5. The highest BCUT2D eigenvalue weighted by atomic mass is 35.5. The van der Waals surface area contributed by atoms with Crippen molar-refractivity contribution in [3.8, 4) is 0 Å². The molecule has 2 unspecified atom stereocenters. The number of halogens is 1. The molecule has 2 rings (SSSR count). The van der Waals surface area contributed by atoms with Gasteiger partial charge in [-0.3, -0.25) is 4.79 Å². The van der Waals surface area contributed by atoms with Gasteiger partial charge in [0.05, 0.1) is 0 Å². The van der Waals surface area contributed by atoms with Crippen molar-refractivity contribution in [2.75, 3.05) is 32.8 Å². The fourth-order valence-electron chi connectivity index (χ4n) is 4.26. The van der Waals surface area contributed by atoms with E-state index in [1.54, 1.807) is 0 Å². The lowest BCUT2D eigenvalue weighted by Gasteiger charge is -2.31. The summed E-state index contributed by atoms with van der Waals surface area (Å²) < 4.78 is 5.55. The summed E-state index contributed by atoms with van der Waals surface area (Å²) in [6.45, 7) is 8.95. The largest absolute Gasteiger partial charge is 0.382 e. The van der Waals surface area contributed by atoms with Crippen LogP contribution in [0, 0.1) is 17.3 Å². The molecule has 2 fully saturated rings. The lowest BCUT2D eigenvalue weighted by molar-refractivity contribution is -0.123. The highest BCUT2D eigenvalue weighted by Crippen LogP contribution is 2.40. The van der Waals surface area contributed by atoms with Gasteiger partial charge in [-0.15, -0.1) is 12.4 Å². The van der Waals surface area contributed by atoms with Crippen LogP contribution in [-0.4, -0.2) is 38.8 Å². The number of hydrogen-bond donors (Lipinski definition) is 2. The summed E-state index contributed by atoms with van der Waals surface area (Å²) in [5.74, 6) is 1.38. The van der Waals surface area contributed by atoms with E-state index in [0.29, 0.717) is 23.7 Å². The molecule has 0 radical (unpaired) electrons. The van der Waals surface area contributed by atoms with Gasteiger partial charge in [0, 0.05) is 26.2 Å². The Morgan fingerprint density at radius 3 is 2.71 bits per heavy atom. The van der Waals surface area contributed by atoms with Crippen LogP contribution in [0.4, 0.5) is 0 Å². The van der Waals surface area contributed by atoms with Crippen LogP contribution < -0.4 is 10.6 Å². The molecule has 0 bridgehead atoms. The van der Waals surface area contributed by atoms with Crippen molar-refractivity contribution in [2.24, 2.45) is 17.3 Å². The zero-order valence-electron chi connectivity index (χ0n) is 15.6. The number of carbonyl (C=O) groups is 1. The number of carbonyl (C=O) groups excluding carboxylic acids is 1. The molecule has 0 aromatic carbocycles. The van der Waals surface area contributed by atoms with E-state index in [9.17, 15) is 4.79 Å². The average molecular weight is 361 g/mol. The smallest absolute Gasteiger partial charge is 0.220 e. The molecule has 2 N–H and O–H groups in total. The van der Waals surface area contributed by atoms with Gasteiger partial charge in [-0.2, -0.15) is 0 Å². The normalized spacial score (nSPS) is 24.2. The zero-order valence-corrected chi connectivity index (χ0v) is 16.4. The lowest BCUT2D eigenvalue weighted by atomic mass is 9.82. The van der Waals surface area contributed by atoms with Crippen molar-refractivity contribution >= 4 is 18.3 Å². The SMILES string of the molecule is CCOCCC1(CNC(=O)CC(C)C2CCCNC2)CCCC1.Cl. The van der Waals surface area contributed by atoms with Crippen LogP contribution in [0.25, 0.3) is 0 Å². The Morgan fingerprint density at radius 1 is 1.33 bits per heavy atom. The molecule has 24 heavy (non-hydrogen) atoms. The maximum atomic E-state index is 12.4. The first-order chi connectivity index (χ1) is 11.2. The maximum absolute atomic E-state index is 12.4. The van der Waals surface area contributed by atoms with E-state index >= 15 is 0 Å². The molecule has 5 heteroatoms. The second-order valence-electron chi connectivity index (χ2n) is 7.72. The van der Waals surface area contributed by atoms with Gasteiger partial charge >= 0.3 is 0 Å². The first kappa shape index (κ1) is 21.7. The number of nitrogens with one attached hydrogen (secondary N) is 2. The second kappa shape index (κ2) is 11.3. The van der Waals surface area contributed by atoms with Gasteiger partial charge in [-0.05, 0) is 69.4 Å². The van der Waals surface area contributed by atoms with Crippen LogP contribution in [0.3, 0.4) is 0 Å². The summed E-state index contributed by atoms with van der Waals surface area (Å²) >= 11 is 0.